The Labute approximate surface area is 101 Å². The SMILES string of the molecule is Cc1cncc(C2(Cl)CN3CCC2CC3)n1. The summed E-state index contributed by atoms with van der Waals surface area (Å²) < 4.78 is 0. The number of alkyl halides is 1. The zero-order valence-corrected chi connectivity index (χ0v) is 10.2. The molecule has 3 aliphatic heterocycles. The van der Waals surface area contributed by atoms with Gasteiger partial charge in [-0.15, -0.1) is 11.6 Å². The highest BCUT2D eigenvalue weighted by Crippen LogP contribution is 2.46. The summed E-state index contributed by atoms with van der Waals surface area (Å²) in [4.78, 5) is 10.9. The van der Waals surface area contributed by atoms with Gasteiger partial charge in [0.2, 0.25) is 0 Å². The van der Waals surface area contributed by atoms with Crippen LogP contribution >= 0.6 is 11.6 Å². The highest BCUT2D eigenvalue weighted by atomic mass is 35.5. The number of piperidine rings is 3. The Balaban J connectivity index is 1.99. The van der Waals surface area contributed by atoms with Gasteiger partial charge in [-0.1, -0.05) is 0 Å². The third-order valence-corrected chi connectivity index (χ3v) is 4.49. The van der Waals surface area contributed by atoms with Crippen molar-refractivity contribution in [2.45, 2.75) is 24.6 Å². The molecule has 3 saturated heterocycles. The van der Waals surface area contributed by atoms with Gasteiger partial charge >= 0.3 is 0 Å². The van der Waals surface area contributed by atoms with E-state index in [1.54, 1.807) is 6.20 Å². The van der Waals surface area contributed by atoms with Crippen molar-refractivity contribution in [1.29, 1.82) is 0 Å². The van der Waals surface area contributed by atoms with Gasteiger partial charge in [-0.05, 0) is 38.8 Å². The molecule has 3 fully saturated rings. The molecule has 3 aliphatic rings. The smallest absolute Gasteiger partial charge is 0.104 e. The van der Waals surface area contributed by atoms with Crippen molar-refractivity contribution in [3.8, 4) is 0 Å². The molecular formula is C12H16ClN3. The zero-order valence-electron chi connectivity index (χ0n) is 9.49. The van der Waals surface area contributed by atoms with Gasteiger partial charge in [0.05, 0.1) is 17.6 Å². The van der Waals surface area contributed by atoms with Crippen LogP contribution in [0.2, 0.25) is 0 Å². The fourth-order valence-electron chi connectivity index (χ4n) is 2.96. The van der Waals surface area contributed by atoms with E-state index in [2.05, 4.69) is 14.9 Å². The van der Waals surface area contributed by atoms with E-state index in [9.17, 15) is 0 Å². The Morgan fingerprint density at radius 3 is 2.69 bits per heavy atom. The molecule has 2 bridgehead atoms. The maximum absolute atomic E-state index is 6.82. The predicted molar refractivity (Wildman–Crippen MR) is 63.5 cm³/mol. The third kappa shape index (κ3) is 1.54. The third-order valence-electron chi connectivity index (χ3n) is 3.87. The van der Waals surface area contributed by atoms with Crippen molar-refractivity contribution >= 4 is 11.6 Å². The Morgan fingerprint density at radius 2 is 2.12 bits per heavy atom. The summed E-state index contributed by atoms with van der Waals surface area (Å²) in [6.45, 7) is 5.28. The molecule has 4 heteroatoms. The van der Waals surface area contributed by atoms with Crippen molar-refractivity contribution in [3.63, 3.8) is 0 Å². The van der Waals surface area contributed by atoms with Crippen molar-refractivity contribution in [2.24, 2.45) is 5.92 Å². The molecule has 0 aliphatic carbocycles. The molecule has 86 valence electrons. The standard InChI is InChI=1S/C12H16ClN3/c1-9-6-14-7-11(15-9)12(13)8-16-4-2-10(12)3-5-16/h6-7,10H,2-5,8H2,1H3. The maximum Gasteiger partial charge on any atom is 0.104 e. The highest BCUT2D eigenvalue weighted by Gasteiger charge is 2.47. The fourth-order valence-corrected chi connectivity index (χ4v) is 3.44. The van der Waals surface area contributed by atoms with Gasteiger partial charge in [0.1, 0.15) is 4.87 Å². The Hall–Kier alpha value is -0.670. The minimum atomic E-state index is -0.296. The Kier molecular flexibility index (Phi) is 2.41. The molecule has 1 aromatic heterocycles. The van der Waals surface area contributed by atoms with Gasteiger partial charge in [0, 0.05) is 12.7 Å². The Morgan fingerprint density at radius 1 is 1.38 bits per heavy atom. The van der Waals surface area contributed by atoms with E-state index in [0.717, 1.165) is 17.9 Å². The normalized spacial score (nSPS) is 37.6. The number of hydrogen-bond donors (Lipinski definition) is 0. The number of nitrogens with zero attached hydrogens (tertiary/aromatic N) is 3. The zero-order chi connectivity index (χ0) is 11.2. The van der Waals surface area contributed by atoms with Crippen LogP contribution in [-0.4, -0.2) is 34.5 Å². The number of rotatable bonds is 1. The van der Waals surface area contributed by atoms with E-state index in [1.165, 1.54) is 25.9 Å². The van der Waals surface area contributed by atoms with Crippen LogP contribution < -0.4 is 0 Å². The molecule has 0 spiro atoms. The minimum absolute atomic E-state index is 0.296. The topological polar surface area (TPSA) is 29.0 Å². The van der Waals surface area contributed by atoms with Crippen LogP contribution in [0, 0.1) is 12.8 Å². The molecule has 1 aromatic rings. The maximum atomic E-state index is 6.82. The van der Waals surface area contributed by atoms with Gasteiger partial charge in [-0.25, -0.2) is 0 Å². The molecule has 0 aromatic carbocycles. The van der Waals surface area contributed by atoms with E-state index >= 15 is 0 Å². The summed E-state index contributed by atoms with van der Waals surface area (Å²) in [6.07, 6.45) is 6.01. The molecule has 16 heavy (non-hydrogen) atoms. The number of halogens is 1. The van der Waals surface area contributed by atoms with Gasteiger partial charge in [0.15, 0.2) is 0 Å². The van der Waals surface area contributed by atoms with Crippen LogP contribution in [0.3, 0.4) is 0 Å². The van der Waals surface area contributed by atoms with Crippen LogP contribution in [0.25, 0.3) is 0 Å². The van der Waals surface area contributed by atoms with Gasteiger partial charge in [0.25, 0.3) is 0 Å². The predicted octanol–water partition coefficient (Wildman–Crippen LogP) is 1.94. The van der Waals surface area contributed by atoms with Gasteiger partial charge < -0.3 is 4.90 Å². The molecular weight excluding hydrogens is 222 g/mol. The van der Waals surface area contributed by atoms with E-state index in [1.807, 2.05) is 13.1 Å². The second kappa shape index (κ2) is 3.67. The number of aryl methyl sites for hydroxylation is 1. The molecule has 3 nitrogen and oxygen atoms in total. The van der Waals surface area contributed by atoms with Crippen molar-refractivity contribution in [2.75, 3.05) is 19.6 Å². The van der Waals surface area contributed by atoms with Crippen LogP contribution in [-0.2, 0) is 4.87 Å². The Bertz CT molecular complexity index is 401. The lowest BCUT2D eigenvalue weighted by molar-refractivity contribution is 0.0644. The number of hydrogen-bond acceptors (Lipinski definition) is 3. The van der Waals surface area contributed by atoms with Gasteiger partial charge in [-0.2, -0.15) is 0 Å². The van der Waals surface area contributed by atoms with Crippen LogP contribution in [0.5, 0.6) is 0 Å². The number of fused-ring (bicyclic) bond motifs is 3. The fraction of sp³-hybridized carbons (Fsp3) is 0.667. The quantitative estimate of drug-likeness (QED) is 0.699. The van der Waals surface area contributed by atoms with E-state index < -0.39 is 0 Å². The van der Waals surface area contributed by atoms with E-state index in [4.69, 9.17) is 11.6 Å². The molecule has 0 N–H and O–H groups in total. The first-order valence-corrected chi connectivity index (χ1v) is 6.27. The molecule has 0 radical (unpaired) electrons. The lowest BCUT2D eigenvalue weighted by Crippen LogP contribution is -2.54. The molecule has 0 amide bonds. The highest BCUT2D eigenvalue weighted by molar-refractivity contribution is 6.24. The average Bonchev–Trinajstić information content (AvgIpc) is 2.30. The van der Waals surface area contributed by atoms with Gasteiger partial charge in [-0.3, -0.25) is 9.97 Å². The molecule has 4 rings (SSSR count). The largest absolute Gasteiger partial charge is 0.301 e. The van der Waals surface area contributed by atoms with Crippen LogP contribution in [0.4, 0.5) is 0 Å². The first-order valence-electron chi connectivity index (χ1n) is 5.89. The van der Waals surface area contributed by atoms with E-state index in [0.29, 0.717) is 5.92 Å². The number of aromatic nitrogens is 2. The molecule has 1 atom stereocenters. The summed E-state index contributed by atoms with van der Waals surface area (Å²) >= 11 is 6.82. The first-order chi connectivity index (χ1) is 7.68. The summed E-state index contributed by atoms with van der Waals surface area (Å²) in [5.74, 6) is 0.565. The molecule has 4 heterocycles. The summed E-state index contributed by atoms with van der Waals surface area (Å²) in [7, 11) is 0. The monoisotopic (exact) mass is 237 g/mol. The molecule has 1 unspecified atom stereocenters. The lowest BCUT2D eigenvalue weighted by Gasteiger charge is -2.49. The summed E-state index contributed by atoms with van der Waals surface area (Å²) in [6, 6.07) is 0. The second-order valence-electron chi connectivity index (χ2n) is 4.96. The van der Waals surface area contributed by atoms with Crippen molar-refractivity contribution in [1.82, 2.24) is 14.9 Å². The summed E-state index contributed by atoms with van der Waals surface area (Å²) in [5, 5.41) is 0. The van der Waals surface area contributed by atoms with Crippen molar-refractivity contribution in [3.05, 3.63) is 23.8 Å². The molecule has 0 saturated carbocycles. The van der Waals surface area contributed by atoms with Crippen molar-refractivity contribution < 1.29 is 0 Å². The lowest BCUT2D eigenvalue weighted by atomic mass is 9.76. The van der Waals surface area contributed by atoms with Crippen LogP contribution in [0.1, 0.15) is 24.2 Å². The average molecular weight is 238 g/mol. The van der Waals surface area contributed by atoms with E-state index in [-0.39, 0.29) is 4.87 Å². The first kappa shape index (κ1) is 10.5. The summed E-state index contributed by atoms with van der Waals surface area (Å²) in [5.41, 5.74) is 1.91. The minimum Gasteiger partial charge on any atom is -0.301 e. The second-order valence-corrected chi connectivity index (χ2v) is 5.63. The van der Waals surface area contributed by atoms with Crippen LogP contribution in [0.15, 0.2) is 12.4 Å².